The molecular formula is C22H16FN3O5. The second kappa shape index (κ2) is 9.37. The summed E-state index contributed by atoms with van der Waals surface area (Å²) in [5.41, 5.74) is 0.444. The fourth-order valence-corrected chi connectivity index (χ4v) is 2.53. The van der Waals surface area contributed by atoms with Crippen molar-refractivity contribution in [2.75, 3.05) is 12.4 Å². The minimum atomic E-state index is -0.693. The SMILES string of the molecule is COc1cc(/C=C(/C#N)C(=O)Nc2cc(C)on2)ccc1OC(=O)c1ccc(F)cc1. The molecular weight excluding hydrogens is 405 g/mol. The molecule has 1 N–H and O–H groups in total. The van der Waals surface area contributed by atoms with E-state index < -0.39 is 17.7 Å². The van der Waals surface area contributed by atoms with E-state index in [1.807, 2.05) is 6.07 Å². The zero-order chi connectivity index (χ0) is 22.4. The first-order valence-corrected chi connectivity index (χ1v) is 8.92. The van der Waals surface area contributed by atoms with E-state index in [-0.39, 0.29) is 28.5 Å². The molecule has 3 rings (SSSR count). The van der Waals surface area contributed by atoms with E-state index in [9.17, 15) is 19.2 Å². The Morgan fingerprint density at radius 2 is 1.90 bits per heavy atom. The Morgan fingerprint density at radius 3 is 2.52 bits per heavy atom. The molecule has 8 nitrogen and oxygen atoms in total. The lowest BCUT2D eigenvalue weighted by molar-refractivity contribution is -0.112. The highest BCUT2D eigenvalue weighted by molar-refractivity contribution is 6.09. The van der Waals surface area contributed by atoms with Crippen LogP contribution >= 0.6 is 0 Å². The van der Waals surface area contributed by atoms with Gasteiger partial charge in [0.05, 0.1) is 12.7 Å². The molecule has 1 heterocycles. The molecule has 156 valence electrons. The molecule has 0 saturated heterocycles. The van der Waals surface area contributed by atoms with Crippen molar-refractivity contribution in [1.82, 2.24) is 5.16 Å². The van der Waals surface area contributed by atoms with Crippen molar-refractivity contribution in [3.8, 4) is 17.6 Å². The molecule has 0 saturated carbocycles. The van der Waals surface area contributed by atoms with Crippen molar-refractivity contribution in [2.45, 2.75) is 6.92 Å². The van der Waals surface area contributed by atoms with Crippen LogP contribution in [0.25, 0.3) is 6.08 Å². The Balaban J connectivity index is 1.79. The van der Waals surface area contributed by atoms with E-state index in [0.717, 1.165) is 12.1 Å². The molecule has 0 spiro atoms. The van der Waals surface area contributed by atoms with Gasteiger partial charge in [-0.1, -0.05) is 11.2 Å². The molecule has 0 aliphatic heterocycles. The topological polar surface area (TPSA) is 114 Å². The van der Waals surface area contributed by atoms with Crippen LogP contribution in [-0.2, 0) is 4.79 Å². The van der Waals surface area contributed by atoms with Gasteiger partial charge in [-0.15, -0.1) is 0 Å². The average molecular weight is 421 g/mol. The Kier molecular flexibility index (Phi) is 6.42. The summed E-state index contributed by atoms with van der Waals surface area (Å²) in [6.45, 7) is 1.67. The zero-order valence-electron chi connectivity index (χ0n) is 16.5. The number of carbonyl (C=O) groups excluding carboxylic acids is 2. The number of amides is 1. The van der Waals surface area contributed by atoms with Gasteiger partial charge in [-0.3, -0.25) is 4.79 Å². The highest BCUT2D eigenvalue weighted by atomic mass is 19.1. The molecule has 0 atom stereocenters. The Bertz CT molecular complexity index is 1190. The molecule has 0 aliphatic rings. The van der Waals surface area contributed by atoms with Gasteiger partial charge in [-0.2, -0.15) is 5.26 Å². The number of nitrogens with zero attached hydrogens (tertiary/aromatic N) is 2. The Hall–Kier alpha value is -4.45. The van der Waals surface area contributed by atoms with Gasteiger partial charge in [0, 0.05) is 6.07 Å². The van der Waals surface area contributed by atoms with Gasteiger partial charge in [0.15, 0.2) is 17.3 Å². The number of ether oxygens (including phenoxy) is 2. The van der Waals surface area contributed by atoms with E-state index in [0.29, 0.717) is 11.3 Å². The summed E-state index contributed by atoms with van der Waals surface area (Å²) < 4.78 is 28.4. The molecule has 0 unspecified atom stereocenters. The van der Waals surface area contributed by atoms with Gasteiger partial charge >= 0.3 is 5.97 Å². The summed E-state index contributed by atoms with van der Waals surface area (Å²) in [6.07, 6.45) is 1.34. The van der Waals surface area contributed by atoms with Crippen LogP contribution in [0.4, 0.5) is 10.2 Å². The van der Waals surface area contributed by atoms with E-state index in [2.05, 4.69) is 10.5 Å². The first-order valence-electron chi connectivity index (χ1n) is 8.92. The lowest BCUT2D eigenvalue weighted by atomic mass is 10.1. The van der Waals surface area contributed by atoms with Crippen molar-refractivity contribution < 1.29 is 28.0 Å². The average Bonchev–Trinajstić information content (AvgIpc) is 3.17. The van der Waals surface area contributed by atoms with E-state index >= 15 is 0 Å². The highest BCUT2D eigenvalue weighted by Crippen LogP contribution is 2.30. The number of hydrogen-bond acceptors (Lipinski definition) is 7. The summed E-state index contributed by atoms with van der Waals surface area (Å²) >= 11 is 0. The number of rotatable bonds is 6. The maximum atomic E-state index is 13.0. The summed E-state index contributed by atoms with van der Waals surface area (Å²) in [7, 11) is 1.38. The van der Waals surface area contributed by atoms with Crippen LogP contribution in [0, 0.1) is 24.1 Å². The van der Waals surface area contributed by atoms with Crippen LogP contribution in [0.5, 0.6) is 11.5 Å². The highest BCUT2D eigenvalue weighted by Gasteiger charge is 2.15. The number of methoxy groups -OCH3 is 1. The fraction of sp³-hybridized carbons (Fsp3) is 0.0909. The van der Waals surface area contributed by atoms with Gasteiger partial charge in [-0.25, -0.2) is 9.18 Å². The van der Waals surface area contributed by atoms with Gasteiger partial charge in [0.2, 0.25) is 0 Å². The van der Waals surface area contributed by atoms with Crippen molar-refractivity contribution in [2.24, 2.45) is 0 Å². The van der Waals surface area contributed by atoms with Crippen LogP contribution in [0.2, 0.25) is 0 Å². The molecule has 0 fully saturated rings. The normalized spacial score (nSPS) is 10.8. The van der Waals surface area contributed by atoms with Crippen LogP contribution in [-0.4, -0.2) is 24.1 Å². The number of anilines is 1. The minimum Gasteiger partial charge on any atom is -0.493 e. The third-order valence-corrected chi connectivity index (χ3v) is 4.02. The second-order valence-electron chi connectivity index (χ2n) is 6.25. The maximum absolute atomic E-state index is 13.0. The Morgan fingerprint density at radius 1 is 1.16 bits per heavy atom. The predicted octanol–water partition coefficient (Wildman–Crippen LogP) is 3.90. The van der Waals surface area contributed by atoms with Crippen LogP contribution in [0.1, 0.15) is 21.7 Å². The predicted molar refractivity (Wildman–Crippen MR) is 108 cm³/mol. The number of aryl methyl sites for hydroxylation is 1. The number of nitrogens with one attached hydrogen (secondary N) is 1. The minimum absolute atomic E-state index is 0.120. The molecule has 3 aromatic rings. The van der Waals surface area contributed by atoms with Crippen molar-refractivity contribution >= 4 is 23.8 Å². The number of aromatic nitrogens is 1. The number of hydrogen-bond donors (Lipinski definition) is 1. The molecule has 0 radical (unpaired) electrons. The number of esters is 1. The lowest BCUT2D eigenvalue weighted by Gasteiger charge is -2.10. The number of halogens is 1. The molecule has 1 amide bonds. The molecule has 31 heavy (non-hydrogen) atoms. The largest absolute Gasteiger partial charge is 0.493 e. The summed E-state index contributed by atoms with van der Waals surface area (Å²) in [5.74, 6) is -0.814. The van der Waals surface area contributed by atoms with E-state index in [1.165, 1.54) is 43.5 Å². The second-order valence-corrected chi connectivity index (χ2v) is 6.25. The van der Waals surface area contributed by atoms with Gasteiger partial charge < -0.3 is 19.3 Å². The quantitative estimate of drug-likeness (QED) is 0.278. The molecule has 1 aromatic heterocycles. The number of carbonyl (C=O) groups is 2. The van der Waals surface area contributed by atoms with E-state index in [4.69, 9.17) is 14.0 Å². The van der Waals surface area contributed by atoms with Crippen molar-refractivity contribution in [1.29, 1.82) is 5.26 Å². The molecule has 0 aliphatic carbocycles. The van der Waals surface area contributed by atoms with Gasteiger partial charge in [-0.05, 0) is 55.0 Å². The third-order valence-electron chi connectivity index (χ3n) is 4.02. The van der Waals surface area contributed by atoms with Crippen LogP contribution < -0.4 is 14.8 Å². The van der Waals surface area contributed by atoms with E-state index in [1.54, 1.807) is 13.0 Å². The molecule has 2 aromatic carbocycles. The lowest BCUT2D eigenvalue weighted by Crippen LogP contribution is -2.13. The van der Waals surface area contributed by atoms with Crippen LogP contribution in [0.15, 0.2) is 58.6 Å². The maximum Gasteiger partial charge on any atom is 0.343 e. The number of benzene rings is 2. The van der Waals surface area contributed by atoms with Gasteiger partial charge in [0.25, 0.3) is 5.91 Å². The van der Waals surface area contributed by atoms with Crippen molar-refractivity contribution in [3.05, 3.63) is 76.8 Å². The summed E-state index contributed by atoms with van der Waals surface area (Å²) in [5, 5.41) is 15.4. The monoisotopic (exact) mass is 421 g/mol. The molecule has 9 heteroatoms. The first-order chi connectivity index (χ1) is 14.9. The standard InChI is InChI=1S/C22H16FN3O5/c1-13-9-20(26-31-13)25-21(27)16(12-24)10-14-3-8-18(19(11-14)29-2)30-22(28)15-4-6-17(23)7-5-15/h3-11H,1-2H3,(H,25,26,27)/b16-10-. The van der Waals surface area contributed by atoms with Crippen molar-refractivity contribution in [3.63, 3.8) is 0 Å². The van der Waals surface area contributed by atoms with Gasteiger partial charge in [0.1, 0.15) is 23.2 Å². The smallest absolute Gasteiger partial charge is 0.343 e. The summed E-state index contributed by atoms with van der Waals surface area (Å²) in [6, 6.07) is 12.7. The third kappa shape index (κ3) is 5.33. The molecule has 0 bridgehead atoms. The summed E-state index contributed by atoms with van der Waals surface area (Å²) in [4.78, 5) is 24.5. The Labute approximate surface area is 176 Å². The number of nitriles is 1. The fourth-order valence-electron chi connectivity index (χ4n) is 2.53. The van der Waals surface area contributed by atoms with Crippen LogP contribution in [0.3, 0.4) is 0 Å². The zero-order valence-corrected chi connectivity index (χ0v) is 16.5. The first kappa shape index (κ1) is 21.3.